The summed E-state index contributed by atoms with van der Waals surface area (Å²) in [4.78, 5) is 0. The predicted octanol–water partition coefficient (Wildman–Crippen LogP) is 5.20. The van der Waals surface area contributed by atoms with Gasteiger partial charge >= 0.3 is 6.61 Å². The van der Waals surface area contributed by atoms with Gasteiger partial charge in [0.15, 0.2) is 11.6 Å². The van der Waals surface area contributed by atoms with E-state index < -0.39 is 18.2 Å². The Kier molecular flexibility index (Phi) is 7.26. The highest BCUT2D eigenvalue weighted by Gasteiger charge is 2.11. The molecule has 0 aliphatic heterocycles. The molecule has 1 aromatic carbocycles. The second-order valence-electron chi connectivity index (χ2n) is 4.92. The molecule has 114 valence electrons. The SMILES string of the molecule is CCCCCCC(C)Nc1ccc(OC(F)F)c(F)c1. The van der Waals surface area contributed by atoms with Crippen LogP contribution in [0.1, 0.15) is 46.0 Å². The van der Waals surface area contributed by atoms with E-state index in [1.807, 2.05) is 6.92 Å². The van der Waals surface area contributed by atoms with E-state index in [-0.39, 0.29) is 6.04 Å². The highest BCUT2D eigenvalue weighted by molar-refractivity contribution is 5.47. The zero-order chi connectivity index (χ0) is 15.0. The van der Waals surface area contributed by atoms with Gasteiger partial charge in [-0.1, -0.05) is 32.6 Å². The Hall–Kier alpha value is -1.39. The minimum Gasteiger partial charge on any atom is -0.432 e. The van der Waals surface area contributed by atoms with Gasteiger partial charge in [-0.3, -0.25) is 0 Å². The monoisotopic (exact) mass is 289 g/mol. The second kappa shape index (κ2) is 8.72. The molecular formula is C15H22F3NO. The third-order valence-electron chi connectivity index (χ3n) is 3.05. The van der Waals surface area contributed by atoms with Crippen LogP contribution >= 0.6 is 0 Å². The van der Waals surface area contributed by atoms with Gasteiger partial charge in [0.05, 0.1) is 0 Å². The summed E-state index contributed by atoms with van der Waals surface area (Å²) in [5.41, 5.74) is 0.576. The molecule has 2 nitrogen and oxygen atoms in total. The smallest absolute Gasteiger partial charge is 0.387 e. The second-order valence-corrected chi connectivity index (χ2v) is 4.92. The van der Waals surface area contributed by atoms with Gasteiger partial charge in [-0.2, -0.15) is 8.78 Å². The maximum absolute atomic E-state index is 13.5. The lowest BCUT2D eigenvalue weighted by Gasteiger charge is -2.16. The van der Waals surface area contributed by atoms with Gasteiger partial charge in [-0.25, -0.2) is 4.39 Å². The Morgan fingerprint density at radius 2 is 1.95 bits per heavy atom. The Labute approximate surface area is 118 Å². The molecule has 0 saturated heterocycles. The van der Waals surface area contributed by atoms with Crippen LogP contribution in [-0.2, 0) is 0 Å². The number of benzene rings is 1. The number of nitrogens with one attached hydrogen (secondary N) is 1. The number of unbranched alkanes of at least 4 members (excludes halogenated alkanes) is 3. The molecule has 1 N–H and O–H groups in total. The first-order valence-corrected chi connectivity index (χ1v) is 7.03. The zero-order valence-corrected chi connectivity index (χ0v) is 12.0. The fourth-order valence-corrected chi connectivity index (χ4v) is 2.02. The maximum atomic E-state index is 13.5. The van der Waals surface area contributed by atoms with Crippen molar-refractivity contribution in [2.75, 3.05) is 5.32 Å². The normalized spacial score (nSPS) is 12.5. The first-order valence-electron chi connectivity index (χ1n) is 7.03. The highest BCUT2D eigenvalue weighted by Crippen LogP contribution is 2.23. The topological polar surface area (TPSA) is 21.3 Å². The van der Waals surface area contributed by atoms with Crippen LogP contribution in [0.3, 0.4) is 0 Å². The maximum Gasteiger partial charge on any atom is 0.387 e. The summed E-state index contributed by atoms with van der Waals surface area (Å²) >= 11 is 0. The standard InChI is InChI=1S/C15H22F3NO/c1-3-4-5-6-7-11(2)19-12-8-9-14(13(16)10-12)20-15(17)18/h8-11,15,19H,3-7H2,1-2H3. The molecule has 0 saturated carbocycles. The van der Waals surface area contributed by atoms with E-state index in [2.05, 4.69) is 17.0 Å². The van der Waals surface area contributed by atoms with Crippen LogP contribution in [0.15, 0.2) is 18.2 Å². The van der Waals surface area contributed by atoms with Crippen molar-refractivity contribution in [3.63, 3.8) is 0 Å². The lowest BCUT2D eigenvalue weighted by molar-refractivity contribution is -0.0521. The number of anilines is 1. The van der Waals surface area contributed by atoms with Crippen LogP contribution in [0.25, 0.3) is 0 Å². The van der Waals surface area contributed by atoms with Crippen molar-refractivity contribution >= 4 is 5.69 Å². The summed E-state index contributed by atoms with van der Waals surface area (Å²) in [6.07, 6.45) is 5.73. The van der Waals surface area contributed by atoms with Gasteiger partial charge in [-0.15, -0.1) is 0 Å². The summed E-state index contributed by atoms with van der Waals surface area (Å²) in [5.74, 6) is -1.21. The van der Waals surface area contributed by atoms with Crippen LogP contribution in [-0.4, -0.2) is 12.7 Å². The van der Waals surface area contributed by atoms with Crippen molar-refractivity contribution in [3.05, 3.63) is 24.0 Å². The number of alkyl halides is 2. The van der Waals surface area contributed by atoms with Crippen LogP contribution in [0.2, 0.25) is 0 Å². The Balaban J connectivity index is 2.45. The predicted molar refractivity (Wildman–Crippen MR) is 74.9 cm³/mol. The molecule has 1 rings (SSSR count). The largest absolute Gasteiger partial charge is 0.432 e. The van der Waals surface area contributed by atoms with E-state index >= 15 is 0 Å². The molecular weight excluding hydrogens is 267 g/mol. The molecule has 0 heterocycles. The third kappa shape index (κ3) is 6.17. The van der Waals surface area contributed by atoms with Gasteiger partial charge in [0.1, 0.15) is 0 Å². The lowest BCUT2D eigenvalue weighted by Crippen LogP contribution is -2.15. The van der Waals surface area contributed by atoms with Gasteiger partial charge in [0, 0.05) is 17.8 Å². The molecule has 0 fully saturated rings. The molecule has 0 aliphatic rings. The molecule has 1 aromatic rings. The van der Waals surface area contributed by atoms with Gasteiger partial charge < -0.3 is 10.1 Å². The van der Waals surface area contributed by atoms with Crippen molar-refractivity contribution in [1.29, 1.82) is 0 Å². The van der Waals surface area contributed by atoms with Crippen LogP contribution in [0.5, 0.6) is 5.75 Å². The van der Waals surface area contributed by atoms with Crippen LogP contribution in [0, 0.1) is 5.82 Å². The van der Waals surface area contributed by atoms with E-state index in [4.69, 9.17) is 0 Å². The first kappa shape index (κ1) is 16.7. The first-order chi connectivity index (χ1) is 9.52. The average molecular weight is 289 g/mol. The quantitative estimate of drug-likeness (QED) is 0.631. The van der Waals surface area contributed by atoms with Crippen molar-refractivity contribution in [1.82, 2.24) is 0 Å². The molecule has 1 unspecified atom stereocenters. The minimum absolute atomic E-state index is 0.216. The van der Waals surface area contributed by atoms with E-state index in [1.165, 1.54) is 31.4 Å². The van der Waals surface area contributed by atoms with Crippen molar-refractivity contribution < 1.29 is 17.9 Å². The molecule has 0 spiro atoms. The van der Waals surface area contributed by atoms with Crippen molar-refractivity contribution in [3.8, 4) is 5.75 Å². The Morgan fingerprint density at radius 3 is 2.55 bits per heavy atom. The lowest BCUT2D eigenvalue weighted by atomic mass is 10.1. The van der Waals surface area contributed by atoms with Gasteiger partial charge in [-0.05, 0) is 25.5 Å². The van der Waals surface area contributed by atoms with E-state index in [1.54, 1.807) is 6.07 Å². The Morgan fingerprint density at radius 1 is 1.20 bits per heavy atom. The molecule has 1 atom stereocenters. The van der Waals surface area contributed by atoms with Crippen molar-refractivity contribution in [2.24, 2.45) is 0 Å². The average Bonchev–Trinajstić information content (AvgIpc) is 2.37. The number of halogens is 3. The summed E-state index contributed by atoms with van der Waals surface area (Å²) < 4.78 is 41.6. The Bertz CT molecular complexity index is 399. The zero-order valence-electron chi connectivity index (χ0n) is 12.0. The number of hydrogen-bond donors (Lipinski definition) is 1. The molecule has 20 heavy (non-hydrogen) atoms. The minimum atomic E-state index is -3.01. The fourth-order valence-electron chi connectivity index (χ4n) is 2.02. The van der Waals surface area contributed by atoms with Crippen molar-refractivity contribution in [2.45, 2.75) is 58.6 Å². The fraction of sp³-hybridized carbons (Fsp3) is 0.600. The molecule has 5 heteroatoms. The summed E-state index contributed by atoms with van der Waals surface area (Å²) in [7, 11) is 0. The molecule has 0 bridgehead atoms. The summed E-state index contributed by atoms with van der Waals surface area (Å²) in [6.45, 7) is 1.17. The summed E-state index contributed by atoms with van der Waals surface area (Å²) in [5, 5.41) is 3.16. The molecule has 0 aromatic heterocycles. The number of ether oxygens (including phenoxy) is 1. The van der Waals surface area contributed by atoms with Gasteiger partial charge in [0.25, 0.3) is 0 Å². The number of rotatable bonds is 9. The third-order valence-corrected chi connectivity index (χ3v) is 3.05. The summed E-state index contributed by atoms with van der Waals surface area (Å²) in [6, 6.07) is 4.16. The van der Waals surface area contributed by atoms with Gasteiger partial charge in [0.2, 0.25) is 0 Å². The van der Waals surface area contributed by atoms with E-state index in [9.17, 15) is 13.2 Å². The van der Waals surface area contributed by atoms with E-state index in [0.29, 0.717) is 5.69 Å². The van der Waals surface area contributed by atoms with Crippen LogP contribution in [0.4, 0.5) is 18.9 Å². The van der Waals surface area contributed by atoms with E-state index in [0.717, 1.165) is 12.8 Å². The molecule has 0 amide bonds. The van der Waals surface area contributed by atoms with Crippen LogP contribution < -0.4 is 10.1 Å². The molecule has 0 aliphatic carbocycles. The number of hydrogen-bond acceptors (Lipinski definition) is 2. The molecule has 0 radical (unpaired) electrons. The highest BCUT2D eigenvalue weighted by atomic mass is 19.3.